The van der Waals surface area contributed by atoms with Gasteiger partial charge < -0.3 is 0 Å². The lowest BCUT2D eigenvalue weighted by molar-refractivity contribution is 1.39. The second-order valence-corrected chi connectivity index (χ2v) is 4.97. The summed E-state index contributed by atoms with van der Waals surface area (Å²) in [5.74, 6) is 2.30. The van der Waals surface area contributed by atoms with Gasteiger partial charge in [0.2, 0.25) is 0 Å². The van der Waals surface area contributed by atoms with Crippen molar-refractivity contribution in [2.75, 3.05) is 5.75 Å². The van der Waals surface area contributed by atoms with Crippen LogP contribution in [0.1, 0.15) is 12.5 Å². The van der Waals surface area contributed by atoms with Crippen molar-refractivity contribution in [3.8, 4) is 11.1 Å². The van der Waals surface area contributed by atoms with Crippen LogP contribution in [0.4, 0.5) is 0 Å². The molecule has 0 aliphatic heterocycles. The van der Waals surface area contributed by atoms with Crippen LogP contribution >= 0.6 is 11.8 Å². The average Bonchev–Trinajstić information content (AvgIpc) is 2.38. The topological polar surface area (TPSA) is 0 Å². The largest absolute Gasteiger partial charge is 0.157 e. The van der Waals surface area contributed by atoms with Crippen molar-refractivity contribution in [1.82, 2.24) is 0 Å². The molecule has 0 spiro atoms. The molecule has 0 radical (unpaired) electrons. The Kier molecular flexibility index (Phi) is 4.06. The molecule has 0 bridgehead atoms. The smallest absolute Gasteiger partial charge is 0.0184 e. The molecule has 0 nitrogen and oxygen atoms in total. The first-order valence-electron chi connectivity index (χ1n) is 5.62. The Hall–Kier alpha value is -1.21. The normalized spacial score (nSPS) is 10.3. The lowest BCUT2D eigenvalue weighted by Gasteiger charge is -2.03. The third kappa shape index (κ3) is 2.89. The molecule has 2 rings (SSSR count). The predicted molar refractivity (Wildman–Crippen MR) is 73.7 cm³/mol. The maximum absolute atomic E-state index is 2.23. The van der Waals surface area contributed by atoms with Gasteiger partial charge in [-0.15, -0.1) is 0 Å². The predicted octanol–water partition coefficient (Wildman–Crippen LogP) is 4.61. The van der Waals surface area contributed by atoms with Gasteiger partial charge in [0, 0.05) is 5.75 Å². The van der Waals surface area contributed by atoms with Gasteiger partial charge in [-0.05, 0) is 22.4 Å². The van der Waals surface area contributed by atoms with Crippen LogP contribution in [-0.4, -0.2) is 5.75 Å². The van der Waals surface area contributed by atoms with Crippen LogP contribution in [0.3, 0.4) is 0 Å². The average molecular weight is 228 g/mol. The Morgan fingerprint density at radius 3 is 2.06 bits per heavy atom. The maximum Gasteiger partial charge on any atom is 0.0184 e. The quantitative estimate of drug-likeness (QED) is 0.736. The summed E-state index contributed by atoms with van der Waals surface area (Å²) in [7, 11) is 0. The summed E-state index contributed by atoms with van der Waals surface area (Å²) in [5, 5.41) is 0. The van der Waals surface area contributed by atoms with E-state index in [9.17, 15) is 0 Å². The first-order valence-corrected chi connectivity index (χ1v) is 6.77. The van der Waals surface area contributed by atoms with Gasteiger partial charge in [0.25, 0.3) is 0 Å². The highest BCUT2D eigenvalue weighted by molar-refractivity contribution is 7.98. The van der Waals surface area contributed by atoms with Crippen molar-refractivity contribution in [1.29, 1.82) is 0 Å². The van der Waals surface area contributed by atoms with Crippen molar-refractivity contribution >= 4 is 11.8 Å². The van der Waals surface area contributed by atoms with Crippen molar-refractivity contribution in [2.24, 2.45) is 0 Å². The van der Waals surface area contributed by atoms with Crippen molar-refractivity contribution in [3.05, 3.63) is 60.2 Å². The molecule has 82 valence electrons. The maximum atomic E-state index is 2.23. The van der Waals surface area contributed by atoms with E-state index in [1.165, 1.54) is 22.4 Å². The lowest BCUT2D eigenvalue weighted by Crippen LogP contribution is -1.82. The van der Waals surface area contributed by atoms with Gasteiger partial charge in [0.15, 0.2) is 0 Å². The van der Waals surface area contributed by atoms with Gasteiger partial charge in [-0.3, -0.25) is 0 Å². The summed E-state index contributed by atoms with van der Waals surface area (Å²) < 4.78 is 0. The molecule has 0 saturated carbocycles. The van der Waals surface area contributed by atoms with E-state index in [0.29, 0.717) is 0 Å². The minimum Gasteiger partial charge on any atom is -0.157 e. The fourth-order valence-corrected chi connectivity index (χ4v) is 2.28. The Labute approximate surface area is 102 Å². The summed E-state index contributed by atoms with van der Waals surface area (Å²) in [4.78, 5) is 0. The molecular weight excluding hydrogens is 212 g/mol. The molecule has 16 heavy (non-hydrogen) atoms. The molecule has 0 N–H and O–H groups in total. The van der Waals surface area contributed by atoms with Crippen LogP contribution in [0.2, 0.25) is 0 Å². The zero-order valence-corrected chi connectivity index (χ0v) is 10.3. The van der Waals surface area contributed by atoms with Gasteiger partial charge >= 0.3 is 0 Å². The first-order chi connectivity index (χ1) is 7.90. The standard InChI is InChI=1S/C15H16S/c1-2-16-12-13-8-10-15(11-9-13)14-6-4-3-5-7-14/h3-11H,2,12H2,1H3. The molecule has 1 heteroatoms. The number of rotatable bonds is 4. The van der Waals surface area contributed by atoms with E-state index in [2.05, 4.69) is 61.5 Å². The highest BCUT2D eigenvalue weighted by atomic mass is 32.2. The Bertz CT molecular complexity index is 417. The Morgan fingerprint density at radius 1 is 0.812 bits per heavy atom. The van der Waals surface area contributed by atoms with Crippen LogP contribution < -0.4 is 0 Å². The van der Waals surface area contributed by atoms with E-state index < -0.39 is 0 Å². The third-order valence-corrected chi connectivity index (χ3v) is 3.48. The minimum atomic E-state index is 1.12. The van der Waals surface area contributed by atoms with E-state index in [4.69, 9.17) is 0 Å². The monoisotopic (exact) mass is 228 g/mol. The summed E-state index contributed by atoms with van der Waals surface area (Å²) in [6.45, 7) is 2.20. The van der Waals surface area contributed by atoms with E-state index in [0.717, 1.165) is 5.75 Å². The molecule has 0 unspecified atom stereocenters. The second-order valence-electron chi connectivity index (χ2n) is 3.70. The number of hydrogen-bond acceptors (Lipinski definition) is 1. The SMILES string of the molecule is CCSCc1ccc(-c2ccccc2)cc1. The van der Waals surface area contributed by atoms with Crippen LogP contribution in [0.5, 0.6) is 0 Å². The molecule has 0 amide bonds. The number of benzene rings is 2. The van der Waals surface area contributed by atoms with Crippen molar-refractivity contribution < 1.29 is 0 Å². The third-order valence-electron chi connectivity index (χ3n) is 2.53. The van der Waals surface area contributed by atoms with Crippen molar-refractivity contribution in [2.45, 2.75) is 12.7 Å². The first kappa shape index (κ1) is 11.3. The molecule has 0 atom stereocenters. The summed E-state index contributed by atoms with van der Waals surface area (Å²) in [5.41, 5.74) is 3.99. The van der Waals surface area contributed by atoms with Crippen LogP contribution in [0.25, 0.3) is 11.1 Å². The van der Waals surface area contributed by atoms with Crippen molar-refractivity contribution in [3.63, 3.8) is 0 Å². The van der Waals surface area contributed by atoms with Gasteiger partial charge in [0.1, 0.15) is 0 Å². The molecule has 0 heterocycles. The zero-order valence-electron chi connectivity index (χ0n) is 9.52. The van der Waals surface area contributed by atoms with Gasteiger partial charge in [0.05, 0.1) is 0 Å². The highest BCUT2D eigenvalue weighted by Gasteiger charge is 1.97. The number of thioether (sulfide) groups is 1. The molecule has 2 aromatic carbocycles. The van der Waals surface area contributed by atoms with Crippen LogP contribution in [-0.2, 0) is 5.75 Å². The molecular formula is C15H16S. The molecule has 0 aliphatic rings. The van der Waals surface area contributed by atoms with Crippen LogP contribution in [0, 0.1) is 0 Å². The summed E-state index contributed by atoms with van der Waals surface area (Å²) in [6, 6.07) is 19.4. The fourth-order valence-electron chi connectivity index (χ4n) is 1.64. The van der Waals surface area contributed by atoms with E-state index >= 15 is 0 Å². The van der Waals surface area contributed by atoms with Gasteiger partial charge in [-0.2, -0.15) is 11.8 Å². The summed E-state index contributed by atoms with van der Waals surface area (Å²) >= 11 is 1.96. The Morgan fingerprint density at radius 2 is 1.44 bits per heavy atom. The molecule has 0 aromatic heterocycles. The molecule has 2 aromatic rings. The van der Waals surface area contributed by atoms with Gasteiger partial charge in [-0.25, -0.2) is 0 Å². The fraction of sp³-hybridized carbons (Fsp3) is 0.200. The Balaban J connectivity index is 2.13. The van der Waals surface area contributed by atoms with Crippen LogP contribution in [0.15, 0.2) is 54.6 Å². The minimum absolute atomic E-state index is 1.12. The molecule has 0 fully saturated rings. The van der Waals surface area contributed by atoms with Gasteiger partial charge in [-0.1, -0.05) is 61.5 Å². The number of hydrogen-bond donors (Lipinski definition) is 0. The van der Waals surface area contributed by atoms with E-state index in [-0.39, 0.29) is 0 Å². The van der Waals surface area contributed by atoms with E-state index in [1.807, 2.05) is 11.8 Å². The second kappa shape index (κ2) is 5.76. The molecule has 0 saturated heterocycles. The molecule has 0 aliphatic carbocycles. The lowest BCUT2D eigenvalue weighted by atomic mass is 10.0. The zero-order chi connectivity index (χ0) is 11.2. The van der Waals surface area contributed by atoms with E-state index in [1.54, 1.807) is 0 Å². The summed E-state index contributed by atoms with van der Waals surface area (Å²) in [6.07, 6.45) is 0. The highest BCUT2D eigenvalue weighted by Crippen LogP contribution is 2.20.